The summed E-state index contributed by atoms with van der Waals surface area (Å²) in [5.74, 6) is -0.243. The summed E-state index contributed by atoms with van der Waals surface area (Å²) in [5.41, 5.74) is 10.2. The first-order valence-corrected chi connectivity index (χ1v) is 2.73. The van der Waals surface area contributed by atoms with E-state index in [2.05, 4.69) is 0 Å². The van der Waals surface area contributed by atoms with Gasteiger partial charge in [-0.2, -0.15) is 0 Å². The molecule has 2 unspecified atom stereocenters. The predicted octanol–water partition coefficient (Wildman–Crippen LogP) is -1.78. The van der Waals surface area contributed by atoms with Crippen LogP contribution >= 0.6 is 0 Å². The second kappa shape index (κ2) is 3.55. The second-order valence-corrected chi connectivity index (χ2v) is 1.94. The zero-order valence-corrected chi connectivity index (χ0v) is 5.37. The Balaban J connectivity index is 3.72. The molecule has 0 aliphatic heterocycles. The first kappa shape index (κ1) is 8.55. The fraction of sp³-hybridized carbons (Fsp3) is 0.800. The highest BCUT2D eigenvalue weighted by Gasteiger charge is 2.16. The number of aliphatic hydroxyl groups is 1. The molecule has 0 aromatic heterocycles. The van der Waals surface area contributed by atoms with Crippen LogP contribution in [0.2, 0.25) is 0 Å². The minimum absolute atomic E-state index is 0.0285. The Morgan fingerprint density at radius 3 is 2.33 bits per heavy atom. The van der Waals surface area contributed by atoms with Crippen LogP contribution in [0.15, 0.2) is 0 Å². The lowest BCUT2D eigenvalue weighted by molar-refractivity contribution is -0.120. The SMILES string of the molecule is CC(=O)C(N)C(O)CN. The second-order valence-electron chi connectivity index (χ2n) is 1.94. The predicted molar refractivity (Wildman–Crippen MR) is 33.7 cm³/mol. The quantitative estimate of drug-likeness (QED) is 0.423. The fourth-order valence-corrected chi connectivity index (χ4v) is 0.418. The molecule has 2 atom stereocenters. The summed E-state index contributed by atoms with van der Waals surface area (Å²) >= 11 is 0. The Morgan fingerprint density at radius 2 is 2.22 bits per heavy atom. The highest BCUT2D eigenvalue weighted by molar-refractivity contribution is 5.81. The number of rotatable bonds is 3. The molecule has 0 spiro atoms. The van der Waals surface area contributed by atoms with E-state index in [9.17, 15) is 4.79 Å². The van der Waals surface area contributed by atoms with Crippen molar-refractivity contribution in [3.63, 3.8) is 0 Å². The van der Waals surface area contributed by atoms with Crippen molar-refractivity contribution >= 4 is 5.78 Å². The van der Waals surface area contributed by atoms with Gasteiger partial charge >= 0.3 is 0 Å². The number of nitrogens with two attached hydrogens (primary N) is 2. The summed E-state index contributed by atoms with van der Waals surface area (Å²) in [6, 6.07) is -0.824. The van der Waals surface area contributed by atoms with Crippen LogP contribution in [0.4, 0.5) is 0 Å². The zero-order valence-electron chi connectivity index (χ0n) is 5.37. The largest absolute Gasteiger partial charge is 0.390 e. The lowest BCUT2D eigenvalue weighted by Gasteiger charge is -2.12. The zero-order chi connectivity index (χ0) is 7.44. The van der Waals surface area contributed by atoms with Gasteiger partial charge in [0.25, 0.3) is 0 Å². The molecule has 0 amide bonds. The molecule has 0 aliphatic rings. The summed E-state index contributed by atoms with van der Waals surface area (Å²) < 4.78 is 0. The van der Waals surface area contributed by atoms with Crippen LogP contribution in [-0.4, -0.2) is 29.6 Å². The first-order chi connectivity index (χ1) is 4.09. The van der Waals surface area contributed by atoms with Gasteiger partial charge in [-0.3, -0.25) is 4.79 Å². The van der Waals surface area contributed by atoms with Gasteiger partial charge in [0.05, 0.1) is 12.1 Å². The number of hydrogen-bond donors (Lipinski definition) is 3. The van der Waals surface area contributed by atoms with Crippen molar-refractivity contribution in [3.8, 4) is 0 Å². The minimum Gasteiger partial charge on any atom is -0.390 e. The summed E-state index contributed by atoms with van der Waals surface area (Å²) in [5, 5.41) is 8.83. The number of ketones is 1. The van der Waals surface area contributed by atoms with Crippen LogP contribution in [0.5, 0.6) is 0 Å². The highest BCUT2D eigenvalue weighted by atomic mass is 16.3. The normalized spacial score (nSPS) is 16.9. The molecule has 0 radical (unpaired) electrons. The van der Waals surface area contributed by atoms with Crippen molar-refractivity contribution in [2.45, 2.75) is 19.1 Å². The fourth-order valence-electron chi connectivity index (χ4n) is 0.418. The third kappa shape index (κ3) is 2.55. The van der Waals surface area contributed by atoms with Gasteiger partial charge in [-0.1, -0.05) is 0 Å². The van der Waals surface area contributed by atoms with Crippen LogP contribution in [0.25, 0.3) is 0 Å². The molecule has 0 aromatic carbocycles. The molecule has 0 saturated carbocycles. The van der Waals surface area contributed by atoms with E-state index in [1.54, 1.807) is 0 Å². The molecular formula is C5H12N2O2. The van der Waals surface area contributed by atoms with Crippen molar-refractivity contribution in [3.05, 3.63) is 0 Å². The van der Waals surface area contributed by atoms with E-state index >= 15 is 0 Å². The molecule has 9 heavy (non-hydrogen) atoms. The van der Waals surface area contributed by atoms with Crippen LogP contribution < -0.4 is 11.5 Å². The topological polar surface area (TPSA) is 89.3 Å². The average Bonchev–Trinajstić information content (AvgIpc) is 1.84. The van der Waals surface area contributed by atoms with E-state index in [1.165, 1.54) is 6.92 Å². The molecule has 0 aromatic rings. The monoisotopic (exact) mass is 132 g/mol. The number of carbonyl (C=O) groups excluding carboxylic acids is 1. The molecule has 0 aliphatic carbocycles. The van der Waals surface area contributed by atoms with Gasteiger partial charge < -0.3 is 16.6 Å². The van der Waals surface area contributed by atoms with E-state index in [1.807, 2.05) is 0 Å². The van der Waals surface area contributed by atoms with E-state index in [-0.39, 0.29) is 12.3 Å². The third-order valence-corrected chi connectivity index (χ3v) is 1.13. The van der Waals surface area contributed by atoms with Crippen molar-refractivity contribution in [1.29, 1.82) is 0 Å². The average molecular weight is 132 g/mol. The number of carbonyl (C=O) groups is 1. The van der Waals surface area contributed by atoms with Gasteiger partial charge in [-0.05, 0) is 6.92 Å². The molecule has 0 bridgehead atoms. The van der Waals surface area contributed by atoms with Gasteiger partial charge in [0.15, 0.2) is 0 Å². The Kier molecular flexibility index (Phi) is 3.37. The summed E-state index contributed by atoms with van der Waals surface area (Å²) in [7, 11) is 0. The summed E-state index contributed by atoms with van der Waals surface area (Å²) in [4.78, 5) is 10.4. The van der Waals surface area contributed by atoms with Crippen LogP contribution in [0, 0.1) is 0 Å². The Bertz CT molecular complexity index is 105. The molecule has 54 valence electrons. The maximum atomic E-state index is 10.4. The minimum atomic E-state index is -0.900. The van der Waals surface area contributed by atoms with E-state index in [0.29, 0.717) is 0 Å². The van der Waals surface area contributed by atoms with Gasteiger partial charge in [0.2, 0.25) is 0 Å². The number of Topliss-reactive ketones (excluding diaryl/α,β-unsaturated/α-hetero) is 1. The lowest BCUT2D eigenvalue weighted by atomic mass is 10.1. The van der Waals surface area contributed by atoms with Gasteiger partial charge in [-0.25, -0.2) is 0 Å². The first-order valence-electron chi connectivity index (χ1n) is 2.73. The third-order valence-electron chi connectivity index (χ3n) is 1.13. The molecule has 0 heterocycles. The Labute approximate surface area is 53.8 Å². The van der Waals surface area contributed by atoms with Gasteiger partial charge in [0, 0.05) is 6.54 Å². The van der Waals surface area contributed by atoms with Crippen molar-refractivity contribution in [2.75, 3.05) is 6.54 Å². The molecule has 4 nitrogen and oxygen atoms in total. The molecule has 0 rings (SSSR count). The summed E-state index contributed by atoms with van der Waals surface area (Å²) in [6.45, 7) is 1.35. The molecular weight excluding hydrogens is 120 g/mol. The smallest absolute Gasteiger partial charge is 0.149 e. The molecule has 5 N–H and O–H groups in total. The standard InChI is InChI=1S/C5H12N2O2/c1-3(8)5(7)4(9)2-6/h4-5,9H,2,6-7H2,1H3. The Hall–Kier alpha value is -0.450. The van der Waals surface area contributed by atoms with E-state index in [4.69, 9.17) is 16.6 Å². The van der Waals surface area contributed by atoms with E-state index in [0.717, 1.165) is 0 Å². The number of hydrogen-bond acceptors (Lipinski definition) is 4. The maximum absolute atomic E-state index is 10.4. The molecule has 0 saturated heterocycles. The summed E-state index contributed by atoms with van der Waals surface area (Å²) in [6.07, 6.45) is -0.900. The van der Waals surface area contributed by atoms with Crippen molar-refractivity contribution in [2.24, 2.45) is 11.5 Å². The number of aliphatic hydroxyl groups excluding tert-OH is 1. The maximum Gasteiger partial charge on any atom is 0.149 e. The lowest BCUT2D eigenvalue weighted by Crippen LogP contribution is -2.44. The highest BCUT2D eigenvalue weighted by Crippen LogP contribution is 1.87. The van der Waals surface area contributed by atoms with Crippen LogP contribution in [0.3, 0.4) is 0 Å². The van der Waals surface area contributed by atoms with Crippen LogP contribution in [0.1, 0.15) is 6.92 Å². The van der Waals surface area contributed by atoms with Crippen molar-refractivity contribution < 1.29 is 9.90 Å². The van der Waals surface area contributed by atoms with Crippen LogP contribution in [-0.2, 0) is 4.79 Å². The van der Waals surface area contributed by atoms with Gasteiger partial charge in [0.1, 0.15) is 5.78 Å². The Morgan fingerprint density at radius 1 is 1.78 bits per heavy atom. The molecule has 0 fully saturated rings. The van der Waals surface area contributed by atoms with Gasteiger partial charge in [-0.15, -0.1) is 0 Å². The van der Waals surface area contributed by atoms with Crippen molar-refractivity contribution in [1.82, 2.24) is 0 Å². The van der Waals surface area contributed by atoms with E-state index < -0.39 is 12.1 Å². The molecule has 4 heteroatoms.